The second kappa shape index (κ2) is 6.07. The maximum atomic E-state index is 12.5. The molecule has 1 saturated carbocycles. The number of hydrogen-bond donors (Lipinski definition) is 1. The topological polar surface area (TPSA) is 107 Å². The summed E-state index contributed by atoms with van der Waals surface area (Å²) >= 11 is 0. The fourth-order valence-corrected chi connectivity index (χ4v) is 3.26. The second-order valence-electron chi connectivity index (χ2n) is 5.57. The molecule has 1 aliphatic rings. The first-order valence-electron chi connectivity index (χ1n) is 7.32. The van der Waals surface area contributed by atoms with Gasteiger partial charge in [-0.1, -0.05) is 18.2 Å². The number of rotatable bonds is 6. The van der Waals surface area contributed by atoms with Gasteiger partial charge in [-0.05, 0) is 42.3 Å². The standard InChI is InChI=1S/C14H17N5O3S/c1-10(14(20)15-11-7-8-11)23(21,22)9-13-16-17-18-19(13)12-5-3-2-4-6-12/h2-6,10-11H,7-9H2,1H3,(H,15,20)/t10-/m0/s1. The third kappa shape index (κ3) is 3.55. The van der Waals surface area contributed by atoms with E-state index >= 15 is 0 Å². The van der Waals surface area contributed by atoms with Crippen molar-refractivity contribution >= 4 is 15.7 Å². The predicted octanol–water partition coefficient (Wildman–Crippen LogP) is 0.244. The zero-order chi connectivity index (χ0) is 16.4. The summed E-state index contributed by atoms with van der Waals surface area (Å²) in [6.45, 7) is 1.39. The number of nitrogens with one attached hydrogen (secondary N) is 1. The van der Waals surface area contributed by atoms with Gasteiger partial charge < -0.3 is 5.32 Å². The van der Waals surface area contributed by atoms with Crippen molar-refractivity contribution in [3.63, 3.8) is 0 Å². The van der Waals surface area contributed by atoms with Gasteiger partial charge in [-0.25, -0.2) is 8.42 Å². The molecule has 0 spiro atoms. The van der Waals surface area contributed by atoms with Crippen LogP contribution in [0.1, 0.15) is 25.6 Å². The molecule has 1 aromatic heterocycles. The van der Waals surface area contributed by atoms with E-state index in [0.717, 1.165) is 12.8 Å². The van der Waals surface area contributed by atoms with Gasteiger partial charge in [-0.3, -0.25) is 4.79 Å². The molecule has 122 valence electrons. The molecule has 23 heavy (non-hydrogen) atoms. The van der Waals surface area contributed by atoms with E-state index in [1.165, 1.54) is 11.6 Å². The van der Waals surface area contributed by atoms with Crippen LogP contribution in [0, 0.1) is 0 Å². The second-order valence-corrected chi connectivity index (χ2v) is 7.90. The first-order chi connectivity index (χ1) is 11.0. The van der Waals surface area contributed by atoms with Crippen molar-refractivity contribution in [1.82, 2.24) is 25.5 Å². The molecule has 9 heteroatoms. The number of nitrogens with zero attached hydrogens (tertiary/aromatic N) is 4. The van der Waals surface area contributed by atoms with Crippen LogP contribution in [-0.4, -0.2) is 45.8 Å². The largest absolute Gasteiger partial charge is 0.352 e. The number of hydrogen-bond acceptors (Lipinski definition) is 6. The SMILES string of the molecule is C[C@@H](C(=O)NC1CC1)S(=O)(=O)Cc1nnnn1-c1ccccc1. The van der Waals surface area contributed by atoms with E-state index in [4.69, 9.17) is 0 Å². The minimum Gasteiger partial charge on any atom is -0.352 e. The third-order valence-corrected chi connectivity index (χ3v) is 5.65. The van der Waals surface area contributed by atoms with Gasteiger partial charge in [0.2, 0.25) is 5.91 Å². The lowest BCUT2D eigenvalue weighted by molar-refractivity contribution is -0.120. The Morgan fingerprint density at radius 2 is 2.04 bits per heavy atom. The molecule has 0 aliphatic heterocycles. The van der Waals surface area contributed by atoms with Crippen LogP contribution in [-0.2, 0) is 20.4 Å². The van der Waals surface area contributed by atoms with Gasteiger partial charge >= 0.3 is 0 Å². The molecule has 1 aromatic carbocycles. The molecular formula is C14H17N5O3S. The van der Waals surface area contributed by atoms with Gasteiger partial charge in [-0.15, -0.1) is 5.10 Å². The highest BCUT2D eigenvalue weighted by atomic mass is 32.2. The van der Waals surface area contributed by atoms with Crippen LogP contribution >= 0.6 is 0 Å². The molecule has 0 radical (unpaired) electrons. The van der Waals surface area contributed by atoms with Gasteiger partial charge in [0.1, 0.15) is 11.0 Å². The third-order valence-electron chi connectivity index (χ3n) is 3.70. The minimum atomic E-state index is -3.71. The van der Waals surface area contributed by atoms with Gasteiger partial charge in [0.15, 0.2) is 15.7 Å². The summed E-state index contributed by atoms with van der Waals surface area (Å²) in [4.78, 5) is 12.0. The summed E-state index contributed by atoms with van der Waals surface area (Å²) in [5, 5.41) is 12.7. The lowest BCUT2D eigenvalue weighted by Gasteiger charge is -2.12. The zero-order valence-electron chi connectivity index (χ0n) is 12.6. The number of benzene rings is 1. The summed E-state index contributed by atoms with van der Waals surface area (Å²) in [6.07, 6.45) is 1.82. The van der Waals surface area contributed by atoms with E-state index < -0.39 is 26.7 Å². The van der Waals surface area contributed by atoms with E-state index in [2.05, 4.69) is 20.8 Å². The summed E-state index contributed by atoms with van der Waals surface area (Å²) in [5.74, 6) is -0.678. The van der Waals surface area contributed by atoms with Crippen molar-refractivity contribution in [1.29, 1.82) is 0 Å². The Morgan fingerprint density at radius 1 is 1.35 bits per heavy atom. The molecule has 3 rings (SSSR count). The Labute approximate surface area is 133 Å². The average molecular weight is 335 g/mol. The van der Waals surface area contributed by atoms with Crippen LogP contribution in [0.15, 0.2) is 30.3 Å². The highest BCUT2D eigenvalue weighted by Gasteiger charge is 2.33. The van der Waals surface area contributed by atoms with Crippen LogP contribution in [0.2, 0.25) is 0 Å². The summed E-state index contributed by atoms with van der Waals surface area (Å²) < 4.78 is 26.3. The summed E-state index contributed by atoms with van der Waals surface area (Å²) in [7, 11) is -3.71. The fraction of sp³-hybridized carbons (Fsp3) is 0.429. The lowest BCUT2D eigenvalue weighted by Crippen LogP contribution is -2.39. The molecule has 2 aromatic rings. The van der Waals surface area contributed by atoms with Crippen molar-refractivity contribution in [2.75, 3.05) is 0 Å². The molecular weight excluding hydrogens is 318 g/mol. The van der Waals surface area contributed by atoms with Crippen LogP contribution in [0.5, 0.6) is 0 Å². The molecule has 1 N–H and O–H groups in total. The molecule has 1 amide bonds. The van der Waals surface area contributed by atoms with Crippen LogP contribution in [0.25, 0.3) is 5.69 Å². The summed E-state index contributed by atoms with van der Waals surface area (Å²) in [6, 6.07) is 9.12. The van der Waals surface area contributed by atoms with Gasteiger partial charge in [-0.2, -0.15) is 4.68 Å². The molecule has 0 saturated heterocycles. The Hall–Kier alpha value is -2.29. The lowest BCUT2D eigenvalue weighted by atomic mass is 10.3. The number of carbonyl (C=O) groups excluding carboxylic acids is 1. The van der Waals surface area contributed by atoms with Crippen molar-refractivity contribution in [3.05, 3.63) is 36.2 Å². The Kier molecular flexibility index (Phi) is 4.12. The molecule has 1 fully saturated rings. The monoisotopic (exact) mass is 335 g/mol. The van der Waals surface area contributed by atoms with E-state index in [0.29, 0.717) is 5.69 Å². The maximum Gasteiger partial charge on any atom is 0.238 e. The zero-order valence-corrected chi connectivity index (χ0v) is 13.4. The quantitative estimate of drug-likeness (QED) is 0.810. The van der Waals surface area contributed by atoms with Gasteiger partial charge in [0.05, 0.1) is 5.69 Å². The van der Waals surface area contributed by atoms with Crippen molar-refractivity contribution in [3.8, 4) is 5.69 Å². The van der Waals surface area contributed by atoms with Crippen LogP contribution in [0.4, 0.5) is 0 Å². The van der Waals surface area contributed by atoms with Crippen LogP contribution in [0.3, 0.4) is 0 Å². The van der Waals surface area contributed by atoms with E-state index in [1.54, 1.807) is 24.3 Å². The first kappa shape index (κ1) is 15.6. The molecule has 1 heterocycles. The van der Waals surface area contributed by atoms with Gasteiger partial charge in [0.25, 0.3) is 0 Å². The molecule has 1 atom stereocenters. The number of sulfone groups is 1. The highest BCUT2D eigenvalue weighted by Crippen LogP contribution is 2.20. The normalized spacial score (nSPS) is 16.0. The van der Waals surface area contributed by atoms with Crippen molar-refractivity contribution in [2.24, 2.45) is 0 Å². The minimum absolute atomic E-state index is 0.120. The predicted molar refractivity (Wildman–Crippen MR) is 82.4 cm³/mol. The number of para-hydroxylation sites is 1. The van der Waals surface area contributed by atoms with E-state index in [9.17, 15) is 13.2 Å². The molecule has 8 nitrogen and oxygen atoms in total. The van der Waals surface area contributed by atoms with E-state index in [-0.39, 0.29) is 11.9 Å². The average Bonchev–Trinajstić information content (AvgIpc) is 3.23. The number of amides is 1. The summed E-state index contributed by atoms with van der Waals surface area (Å²) in [5.41, 5.74) is 0.665. The Morgan fingerprint density at radius 3 is 2.70 bits per heavy atom. The number of carbonyl (C=O) groups is 1. The fourth-order valence-electron chi connectivity index (χ4n) is 2.08. The Bertz CT molecular complexity index is 799. The van der Waals surface area contributed by atoms with Crippen molar-refractivity contribution < 1.29 is 13.2 Å². The molecule has 0 unspecified atom stereocenters. The van der Waals surface area contributed by atoms with Crippen molar-refractivity contribution in [2.45, 2.75) is 36.8 Å². The molecule has 0 bridgehead atoms. The maximum absolute atomic E-state index is 12.5. The van der Waals surface area contributed by atoms with E-state index in [1.807, 2.05) is 6.07 Å². The van der Waals surface area contributed by atoms with Gasteiger partial charge in [0, 0.05) is 6.04 Å². The Balaban J connectivity index is 1.78. The molecule has 1 aliphatic carbocycles. The smallest absolute Gasteiger partial charge is 0.238 e. The van der Waals surface area contributed by atoms with Crippen LogP contribution < -0.4 is 5.32 Å². The highest BCUT2D eigenvalue weighted by molar-refractivity contribution is 7.92. The first-order valence-corrected chi connectivity index (χ1v) is 9.03. The number of aromatic nitrogens is 4. The number of tetrazole rings is 1.